The van der Waals surface area contributed by atoms with E-state index >= 15 is 0 Å². The summed E-state index contributed by atoms with van der Waals surface area (Å²) in [6.07, 6.45) is 0. The summed E-state index contributed by atoms with van der Waals surface area (Å²) < 4.78 is 0. The van der Waals surface area contributed by atoms with Crippen molar-refractivity contribution in [1.29, 1.82) is 0 Å². The second kappa shape index (κ2) is 6.60. The number of rotatable bonds is 6. The molecule has 1 aromatic rings. The monoisotopic (exact) mass is 284 g/mol. The molecule has 0 fully saturated rings. The Hall–Kier alpha value is -0.770. The largest absolute Gasteiger partial charge is 0.394 e. The summed E-state index contributed by atoms with van der Waals surface area (Å²) in [4.78, 5) is 2.04. The van der Waals surface area contributed by atoms with Crippen LogP contribution in [0.4, 0.5) is 5.69 Å². The van der Waals surface area contributed by atoms with Gasteiger partial charge in [0.1, 0.15) is 0 Å². The number of nitrogens with zero attached hydrogens (tertiary/aromatic N) is 1. The molecule has 0 bridgehead atoms. The Balaban J connectivity index is 2.87. The lowest BCUT2D eigenvalue weighted by Gasteiger charge is -2.36. The normalized spacial score (nSPS) is 12.0. The number of aliphatic hydroxyl groups is 1. The summed E-state index contributed by atoms with van der Waals surface area (Å²) in [5.41, 5.74) is 1.80. The summed E-state index contributed by atoms with van der Waals surface area (Å²) in [5.74, 6) is 0. The molecule has 0 radical (unpaired) electrons. The van der Waals surface area contributed by atoms with Gasteiger partial charge in [-0.25, -0.2) is 0 Å². The molecule has 0 aliphatic carbocycles. The van der Waals surface area contributed by atoms with E-state index in [9.17, 15) is 5.11 Å². The van der Waals surface area contributed by atoms with Gasteiger partial charge in [0.15, 0.2) is 0 Å². The van der Waals surface area contributed by atoms with Gasteiger partial charge in [-0.05, 0) is 31.5 Å². The van der Waals surface area contributed by atoms with Crippen LogP contribution in [-0.4, -0.2) is 30.3 Å². The van der Waals surface area contributed by atoms with Crippen LogP contribution in [-0.2, 0) is 6.54 Å². The SMILES string of the molecule is CC(C)NCc1ccc(N(C)C(C)(C)CO)cc1Cl. The van der Waals surface area contributed by atoms with Gasteiger partial charge >= 0.3 is 0 Å². The van der Waals surface area contributed by atoms with Crippen LogP contribution in [0.15, 0.2) is 18.2 Å². The molecule has 2 N–H and O–H groups in total. The molecular formula is C15H25ClN2O. The van der Waals surface area contributed by atoms with Gasteiger partial charge in [0.2, 0.25) is 0 Å². The van der Waals surface area contributed by atoms with E-state index in [1.165, 1.54) is 0 Å². The molecule has 0 aromatic heterocycles. The van der Waals surface area contributed by atoms with Crippen molar-refractivity contribution in [2.24, 2.45) is 0 Å². The van der Waals surface area contributed by atoms with Crippen LogP contribution in [0.2, 0.25) is 5.02 Å². The smallest absolute Gasteiger partial charge is 0.0658 e. The number of hydrogen-bond acceptors (Lipinski definition) is 3. The fourth-order valence-corrected chi connectivity index (χ4v) is 1.90. The van der Waals surface area contributed by atoms with Crippen molar-refractivity contribution in [3.8, 4) is 0 Å². The van der Waals surface area contributed by atoms with Crippen LogP contribution >= 0.6 is 11.6 Å². The van der Waals surface area contributed by atoms with Crippen molar-refractivity contribution in [3.63, 3.8) is 0 Å². The Morgan fingerprint density at radius 3 is 2.47 bits per heavy atom. The van der Waals surface area contributed by atoms with E-state index in [2.05, 4.69) is 19.2 Å². The molecule has 19 heavy (non-hydrogen) atoms. The van der Waals surface area contributed by atoms with Gasteiger partial charge in [-0.2, -0.15) is 0 Å². The molecule has 108 valence electrons. The highest BCUT2D eigenvalue weighted by Gasteiger charge is 2.23. The highest BCUT2D eigenvalue weighted by atomic mass is 35.5. The van der Waals surface area contributed by atoms with E-state index in [4.69, 9.17) is 11.6 Å². The average molecular weight is 285 g/mol. The highest BCUT2D eigenvalue weighted by Crippen LogP contribution is 2.27. The predicted molar refractivity (Wildman–Crippen MR) is 83.0 cm³/mol. The van der Waals surface area contributed by atoms with Crippen molar-refractivity contribution in [3.05, 3.63) is 28.8 Å². The molecule has 3 nitrogen and oxygen atoms in total. The Labute approximate surface area is 121 Å². The second-order valence-electron chi connectivity index (χ2n) is 5.84. The molecule has 0 aliphatic heterocycles. The van der Waals surface area contributed by atoms with Crippen molar-refractivity contribution < 1.29 is 5.11 Å². The highest BCUT2D eigenvalue weighted by molar-refractivity contribution is 6.31. The van der Waals surface area contributed by atoms with Gasteiger partial charge in [-0.15, -0.1) is 0 Å². The molecule has 1 aromatic carbocycles. The van der Waals surface area contributed by atoms with Crippen molar-refractivity contribution in [2.45, 2.75) is 45.8 Å². The third-order valence-corrected chi connectivity index (χ3v) is 3.77. The minimum Gasteiger partial charge on any atom is -0.394 e. The van der Waals surface area contributed by atoms with Crippen LogP contribution in [0.1, 0.15) is 33.3 Å². The average Bonchev–Trinajstić information content (AvgIpc) is 2.36. The van der Waals surface area contributed by atoms with E-state index < -0.39 is 0 Å². The minimum atomic E-state index is -0.305. The molecular weight excluding hydrogens is 260 g/mol. The lowest BCUT2D eigenvalue weighted by molar-refractivity contribution is 0.216. The van der Waals surface area contributed by atoms with Gasteiger partial charge in [-0.3, -0.25) is 0 Å². The quantitative estimate of drug-likeness (QED) is 0.843. The molecule has 0 heterocycles. The van der Waals surface area contributed by atoms with Gasteiger partial charge in [0, 0.05) is 30.3 Å². The Morgan fingerprint density at radius 1 is 1.37 bits per heavy atom. The van der Waals surface area contributed by atoms with Gasteiger partial charge in [-0.1, -0.05) is 31.5 Å². The number of halogens is 1. The van der Waals surface area contributed by atoms with Crippen molar-refractivity contribution in [1.82, 2.24) is 5.32 Å². The first-order valence-electron chi connectivity index (χ1n) is 6.64. The molecule has 0 atom stereocenters. The maximum absolute atomic E-state index is 9.41. The van der Waals surface area contributed by atoms with Crippen molar-refractivity contribution >= 4 is 17.3 Å². The third kappa shape index (κ3) is 4.37. The fourth-order valence-electron chi connectivity index (χ4n) is 1.66. The molecule has 1 rings (SSSR count). The van der Waals surface area contributed by atoms with Gasteiger partial charge in [0.25, 0.3) is 0 Å². The van der Waals surface area contributed by atoms with Gasteiger partial charge in [0.05, 0.1) is 12.1 Å². The number of benzene rings is 1. The van der Waals surface area contributed by atoms with Crippen LogP contribution in [0.3, 0.4) is 0 Å². The maximum atomic E-state index is 9.41. The maximum Gasteiger partial charge on any atom is 0.0658 e. The fraction of sp³-hybridized carbons (Fsp3) is 0.600. The van der Waals surface area contributed by atoms with E-state index in [-0.39, 0.29) is 12.1 Å². The zero-order valence-electron chi connectivity index (χ0n) is 12.5. The summed E-state index contributed by atoms with van der Waals surface area (Å²) in [7, 11) is 1.97. The van der Waals surface area contributed by atoms with Crippen LogP contribution < -0.4 is 10.2 Å². The number of nitrogens with one attached hydrogen (secondary N) is 1. The van der Waals surface area contributed by atoms with Crippen LogP contribution in [0.5, 0.6) is 0 Å². The first kappa shape index (κ1) is 16.3. The Morgan fingerprint density at radius 2 is 2.00 bits per heavy atom. The lowest BCUT2D eigenvalue weighted by atomic mass is 10.0. The number of anilines is 1. The first-order chi connectivity index (χ1) is 8.77. The Bertz CT molecular complexity index is 419. The third-order valence-electron chi connectivity index (χ3n) is 3.42. The summed E-state index contributed by atoms with van der Waals surface area (Å²) in [6.45, 7) is 9.07. The Kier molecular flexibility index (Phi) is 5.65. The second-order valence-corrected chi connectivity index (χ2v) is 6.25. The van der Waals surface area contributed by atoms with Crippen LogP contribution in [0, 0.1) is 0 Å². The van der Waals surface area contributed by atoms with E-state index in [1.807, 2.05) is 44.0 Å². The van der Waals surface area contributed by atoms with E-state index in [1.54, 1.807) is 0 Å². The molecule has 0 aliphatic rings. The molecule has 0 saturated carbocycles. The standard InChI is InChI=1S/C15H25ClN2O/c1-11(2)17-9-12-6-7-13(8-14(12)16)18(5)15(3,4)10-19/h6-8,11,17,19H,9-10H2,1-5H3. The topological polar surface area (TPSA) is 35.5 Å². The zero-order chi connectivity index (χ0) is 14.6. The van der Waals surface area contributed by atoms with Crippen LogP contribution in [0.25, 0.3) is 0 Å². The summed E-state index contributed by atoms with van der Waals surface area (Å²) in [5, 5.41) is 13.5. The lowest BCUT2D eigenvalue weighted by Crippen LogP contribution is -2.44. The minimum absolute atomic E-state index is 0.0950. The molecule has 0 unspecified atom stereocenters. The molecule has 0 spiro atoms. The van der Waals surface area contributed by atoms with Gasteiger partial charge < -0.3 is 15.3 Å². The number of hydrogen-bond donors (Lipinski definition) is 2. The number of likely N-dealkylation sites (N-methyl/N-ethyl adjacent to an activating group) is 1. The van der Waals surface area contributed by atoms with E-state index in [0.29, 0.717) is 6.04 Å². The van der Waals surface area contributed by atoms with E-state index in [0.717, 1.165) is 22.8 Å². The first-order valence-corrected chi connectivity index (χ1v) is 7.02. The number of aliphatic hydroxyl groups excluding tert-OH is 1. The summed E-state index contributed by atoms with van der Waals surface area (Å²) in [6, 6.07) is 6.47. The molecule has 4 heteroatoms. The zero-order valence-corrected chi connectivity index (χ0v) is 13.3. The molecule has 0 amide bonds. The van der Waals surface area contributed by atoms with Crippen molar-refractivity contribution in [2.75, 3.05) is 18.6 Å². The summed E-state index contributed by atoms with van der Waals surface area (Å²) >= 11 is 6.32. The predicted octanol–water partition coefficient (Wildman–Crippen LogP) is 3.05. The molecule has 0 saturated heterocycles.